The molecule has 0 heterocycles. The van der Waals surface area contributed by atoms with Crippen molar-refractivity contribution in [2.45, 2.75) is 38.5 Å². The highest BCUT2D eigenvalue weighted by atomic mass is 16.2. The van der Waals surface area contributed by atoms with E-state index < -0.39 is 0 Å². The normalized spacial score (nSPS) is 10.4. The lowest BCUT2D eigenvalue weighted by molar-refractivity contribution is -0.121. The van der Waals surface area contributed by atoms with Crippen LogP contribution in [0.15, 0.2) is 109 Å². The molecule has 0 unspecified atom stereocenters. The maximum atomic E-state index is 12.3. The predicted octanol–water partition coefficient (Wildman–Crippen LogP) is 6.19. The number of carbonyl (C=O) groups is 4. The molecule has 0 aromatic heterocycles. The Bertz CT molecular complexity index is 1360. The summed E-state index contributed by atoms with van der Waals surface area (Å²) >= 11 is 0. The molecule has 8 nitrogen and oxygen atoms in total. The Labute approximate surface area is 245 Å². The number of nitrogens with one attached hydrogen (secondary N) is 4. The number of hydrogen-bond acceptors (Lipinski definition) is 4. The minimum atomic E-state index is -0.293. The average molecular weight is 563 g/mol. The summed E-state index contributed by atoms with van der Waals surface area (Å²) in [6.07, 6.45) is 2.10. The van der Waals surface area contributed by atoms with E-state index in [0.29, 0.717) is 48.4 Å². The van der Waals surface area contributed by atoms with Gasteiger partial charge in [-0.15, -0.1) is 0 Å². The van der Waals surface area contributed by atoms with Gasteiger partial charge in [0.2, 0.25) is 23.6 Å². The number of hydrogen-bond donors (Lipinski definition) is 4. The predicted molar refractivity (Wildman–Crippen MR) is 166 cm³/mol. The molecule has 8 heteroatoms. The summed E-state index contributed by atoms with van der Waals surface area (Å²) in [5.74, 6) is -0.753. The Morgan fingerprint density at radius 2 is 0.619 bits per heavy atom. The number of aryl methyl sites for hydroxylation is 2. The van der Waals surface area contributed by atoms with Crippen LogP contribution in [0.5, 0.6) is 0 Å². The van der Waals surface area contributed by atoms with Gasteiger partial charge in [-0.2, -0.15) is 0 Å². The molecule has 214 valence electrons. The fraction of sp³-hybridized carbons (Fsp3) is 0.176. The SMILES string of the molecule is O=C(CCC(=O)Nc1ccc(NC(=O)CCc2ccccc2)cc1)Nc1ccc(NC(=O)CCc2ccccc2)cc1. The van der Waals surface area contributed by atoms with Gasteiger partial charge in [0.15, 0.2) is 0 Å². The second-order valence-corrected chi connectivity index (χ2v) is 9.82. The maximum Gasteiger partial charge on any atom is 0.224 e. The van der Waals surface area contributed by atoms with E-state index in [1.165, 1.54) is 0 Å². The molecule has 0 aliphatic heterocycles. The van der Waals surface area contributed by atoms with Crippen molar-refractivity contribution >= 4 is 46.4 Å². The van der Waals surface area contributed by atoms with E-state index >= 15 is 0 Å². The topological polar surface area (TPSA) is 116 Å². The van der Waals surface area contributed by atoms with Gasteiger partial charge < -0.3 is 21.3 Å². The molecule has 0 saturated carbocycles. The molecule has 0 fully saturated rings. The van der Waals surface area contributed by atoms with Gasteiger partial charge in [0.1, 0.15) is 0 Å². The van der Waals surface area contributed by atoms with Crippen molar-refractivity contribution in [3.63, 3.8) is 0 Å². The molecule has 0 radical (unpaired) electrons. The summed E-state index contributed by atoms with van der Waals surface area (Å²) in [5, 5.41) is 11.2. The maximum absolute atomic E-state index is 12.3. The highest BCUT2D eigenvalue weighted by molar-refractivity contribution is 5.97. The zero-order valence-electron chi connectivity index (χ0n) is 23.3. The van der Waals surface area contributed by atoms with E-state index in [1.807, 2.05) is 60.7 Å². The second kappa shape index (κ2) is 15.5. The van der Waals surface area contributed by atoms with E-state index in [1.54, 1.807) is 48.5 Å². The van der Waals surface area contributed by atoms with Crippen LogP contribution in [-0.2, 0) is 32.0 Å². The fourth-order valence-electron chi connectivity index (χ4n) is 4.20. The lowest BCUT2D eigenvalue weighted by atomic mass is 10.1. The van der Waals surface area contributed by atoms with Crippen molar-refractivity contribution in [1.82, 2.24) is 0 Å². The Balaban J connectivity index is 1.12. The number of rotatable bonds is 13. The summed E-state index contributed by atoms with van der Waals surface area (Å²) in [4.78, 5) is 49.1. The van der Waals surface area contributed by atoms with Crippen molar-refractivity contribution in [3.05, 3.63) is 120 Å². The molecule has 0 aliphatic rings. The van der Waals surface area contributed by atoms with Gasteiger partial charge in [-0.1, -0.05) is 60.7 Å². The molecule has 4 amide bonds. The third-order valence-corrected chi connectivity index (χ3v) is 6.45. The molecule has 4 aromatic rings. The van der Waals surface area contributed by atoms with Crippen LogP contribution in [-0.4, -0.2) is 23.6 Å². The van der Waals surface area contributed by atoms with Gasteiger partial charge >= 0.3 is 0 Å². The molecule has 4 N–H and O–H groups in total. The fourth-order valence-corrected chi connectivity index (χ4v) is 4.20. The molecular weight excluding hydrogens is 528 g/mol. The zero-order chi connectivity index (χ0) is 29.6. The largest absolute Gasteiger partial charge is 0.326 e. The van der Waals surface area contributed by atoms with E-state index in [4.69, 9.17) is 0 Å². The van der Waals surface area contributed by atoms with Gasteiger partial charge in [0.05, 0.1) is 0 Å². The Morgan fingerprint density at radius 1 is 0.357 bits per heavy atom. The van der Waals surface area contributed by atoms with E-state index in [9.17, 15) is 19.2 Å². The quantitative estimate of drug-likeness (QED) is 0.156. The lowest BCUT2D eigenvalue weighted by Gasteiger charge is -2.09. The third-order valence-electron chi connectivity index (χ3n) is 6.45. The summed E-state index contributed by atoms with van der Waals surface area (Å²) in [6.45, 7) is 0. The number of amides is 4. The first-order valence-electron chi connectivity index (χ1n) is 13.9. The Hall–Kier alpha value is -5.24. The highest BCUT2D eigenvalue weighted by Crippen LogP contribution is 2.17. The highest BCUT2D eigenvalue weighted by Gasteiger charge is 2.10. The van der Waals surface area contributed by atoms with Crippen molar-refractivity contribution in [3.8, 4) is 0 Å². The first-order valence-corrected chi connectivity index (χ1v) is 13.9. The summed E-state index contributed by atoms with van der Waals surface area (Å²) in [5.41, 5.74) is 4.64. The Morgan fingerprint density at radius 3 is 0.905 bits per heavy atom. The molecule has 0 bridgehead atoms. The molecule has 0 aliphatic carbocycles. The van der Waals surface area contributed by atoms with E-state index in [0.717, 1.165) is 11.1 Å². The van der Waals surface area contributed by atoms with Crippen LogP contribution < -0.4 is 21.3 Å². The van der Waals surface area contributed by atoms with Gasteiger partial charge in [-0.25, -0.2) is 0 Å². The van der Waals surface area contributed by atoms with Crippen molar-refractivity contribution < 1.29 is 19.2 Å². The molecular formula is C34H34N4O4. The lowest BCUT2D eigenvalue weighted by Crippen LogP contribution is -2.17. The van der Waals surface area contributed by atoms with E-state index in [-0.39, 0.29) is 36.5 Å². The summed E-state index contributed by atoms with van der Waals surface area (Å²) < 4.78 is 0. The van der Waals surface area contributed by atoms with Crippen LogP contribution in [0.4, 0.5) is 22.7 Å². The van der Waals surface area contributed by atoms with Crippen LogP contribution >= 0.6 is 0 Å². The molecule has 4 aromatic carbocycles. The van der Waals surface area contributed by atoms with Gasteiger partial charge in [0.25, 0.3) is 0 Å². The minimum Gasteiger partial charge on any atom is -0.326 e. The van der Waals surface area contributed by atoms with Gasteiger partial charge in [-0.3, -0.25) is 19.2 Å². The smallest absolute Gasteiger partial charge is 0.224 e. The van der Waals surface area contributed by atoms with Crippen molar-refractivity contribution in [2.24, 2.45) is 0 Å². The first kappa shape index (κ1) is 29.7. The monoisotopic (exact) mass is 562 g/mol. The summed E-state index contributed by atoms with van der Waals surface area (Å²) in [6, 6.07) is 33.3. The molecule has 0 saturated heterocycles. The Kier molecular flexibility index (Phi) is 11.0. The molecule has 4 rings (SSSR count). The number of anilines is 4. The number of benzene rings is 4. The van der Waals surface area contributed by atoms with E-state index in [2.05, 4.69) is 21.3 Å². The summed E-state index contributed by atoms with van der Waals surface area (Å²) in [7, 11) is 0. The number of carbonyl (C=O) groups excluding carboxylic acids is 4. The van der Waals surface area contributed by atoms with Crippen LogP contribution in [0.25, 0.3) is 0 Å². The van der Waals surface area contributed by atoms with Crippen molar-refractivity contribution in [2.75, 3.05) is 21.3 Å². The molecule has 0 atom stereocenters. The van der Waals surface area contributed by atoms with Gasteiger partial charge in [-0.05, 0) is 72.5 Å². The third kappa shape index (κ3) is 10.4. The zero-order valence-corrected chi connectivity index (χ0v) is 23.3. The second-order valence-electron chi connectivity index (χ2n) is 9.82. The van der Waals surface area contributed by atoms with Gasteiger partial charge in [0, 0.05) is 48.4 Å². The molecule has 42 heavy (non-hydrogen) atoms. The van der Waals surface area contributed by atoms with Crippen LogP contribution in [0.2, 0.25) is 0 Å². The minimum absolute atomic E-state index is 0.0133. The molecule has 0 spiro atoms. The van der Waals surface area contributed by atoms with Crippen LogP contribution in [0, 0.1) is 0 Å². The first-order chi connectivity index (χ1) is 20.4. The van der Waals surface area contributed by atoms with Crippen molar-refractivity contribution in [1.29, 1.82) is 0 Å². The standard InChI is InChI=1S/C34H34N4O4/c39-31(21-11-25-7-3-1-4-8-25)35-27-13-17-29(18-14-27)37-33(41)23-24-34(42)38-30-19-15-28(16-20-30)36-32(40)22-12-26-9-5-2-6-10-26/h1-10,13-20H,11-12,21-24H2,(H,35,39)(H,36,40)(H,37,41)(H,38,42). The van der Waals surface area contributed by atoms with Crippen LogP contribution in [0.1, 0.15) is 36.8 Å². The van der Waals surface area contributed by atoms with Crippen LogP contribution in [0.3, 0.4) is 0 Å². The average Bonchev–Trinajstić information content (AvgIpc) is 3.01.